The smallest absolute Gasteiger partial charge is 0.208 e. The van der Waals surface area contributed by atoms with Crippen LogP contribution >= 0.6 is 39.0 Å². The molecular weight excluding hydrogens is 468 g/mol. The fraction of sp³-hybridized carbons (Fsp3) is 0.294. The van der Waals surface area contributed by atoms with E-state index in [1.54, 1.807) is 18.5 Å². The second-order valence-corrected chi connectivity index (χ2v) is 11.4. The van der Waals surface area contributed by atoms with Gasteiger partial charge < -0.3 is 10.3 Å². The highest BCUT2D eigenvalue weighted by Gasteiger charge is 2.27. The van der Waals surface area contributed by atoms with Gasteiger partial charge in [-0.25, -0.2) is 13.4 Å². The van der Waals surface area contributed by atoms with Gasteiger partial charge in [-0.1, -0.05) is 0 Å². The van der Waals surface area contributed by atoms with Gasteiger partial charge in [0.15, 0.2) is 0 Å². The molecule has 2 aromatic heterocycles. The molecule has 2 heterocycles. The first-order chi connectivity index (χ1) is 12.8. The van der Waals surface area contributed by atoms with Gasteiger partial charge in [-0.3, -0.25) is 5.41 Å². The molecule has 1 saturated carbocycles. The molecule has 1 aliphatic rings. The highest BCUT2D eigenvalue weighted by Crippen LogP contribution is 2.39. The van der Waals surface area contributed by atoms with E-state index in [-0.39, 0.29) is 15.6 Å². The molecule has 0 atom stereocenters. The van der Waals surface area contributed by atoms with Crippen molar-refractivity contribution in [1.29, 1.82) is 5.41 Å². The molecule has 0 radical (unpaired) electrons. The lowest BCUT2D eigenvalue weighted by molar-refractivity contribution is 0.594. The van der Waals surface area contributed by atoms with E-state index < -0.39 is 9.84 Å². The molecule has 10 heteroatoms. The minimum Gasteiger partial charge on any atom is -0.383 e. The largest absolute Gasteiger partial charge is 0.383 e. The summed E-state index contributed by atoms with van der Waals surface area (Å²) in [4.78, 5) is 5.30. The van der Waals surface area contributed by atoms with Gasteiger partial charge in [-0.05, 0) is 59.1 Å². The summed E-state index contributed by atoms with van der Waals surface area (Å²) in [5.41, 5.74) is 7.13. The Morgan fingerprint density at radius 3 is 2.81 bits per heavy atom. The number of amidine groups is 1. The highest BCUT2D eigenvalue weighted by atomic mass is 79.9. The number of nitrogens with zero attached hydrogens (tertiary/aromatic N) is 2. The van der Waals surface area contributed by atoms with Gasteiger partial charge in [0, 0.05) is 11.0 Å². The maximum absolute atomic E-state index is 13.3. The monoisotopic (exact) mass is 484 g/mol. The number of rotatable bonds is 6. The highest BCUT2D eigenvalue weighted by molar-refractivity contribution is 9.10. The second kappa shape index (κ2) is 6.91. The van der Waals surface area contributed by atoms with Crippen molar-refractivity contribution in [3.05, 3.63) is 33.9 Å². The lowest BCUT2D eigenvalue weighted by Crippen LogP contribution is -2.09. The second-order valence-electron chi connectivity index (χ2n) is 6.50. The van der Waals surface area contributed by atoms with Crippen LogP contribution in [-0.2, 0) is 16.4 Å². The molecule has 0 aliphatic heterocycles. The van der Waals surface area contributed by atoms with E-state index in [0.29, 0.717) is 19.5 Å². The maximum atomic E-state index is 13.3. The van der Waals surface area contributed by atoms with E-state index in [0.717, 1.165) is 17.6 Å². The summed E-state index contributed by atoms with van der Waals surface area (Å²) in [6.45, 7) is 0.857. The predicted molar refractivity (Wildman–Crippen MR) is 113 cm³/mol. The van der Waals surface area contributed by atoms with Gasteiger partial charge in [0.1, 0.15) is 11.4 Å². The average molecular weight is 485 g/mol. The third kappa shape index (κ3) is 3.43. The summed E-state index contributed by atoms with van der Waals surface area (Å²) < 4.78 is 30.0. The van der Waals surface area contributed by atoms with Crippen molar-refractivity contribution in [2.45, 2.75) is 33.4 Å². The molecule has 0 unspecified atom stereocenters. The number of hydrogen-bond acceptors (Lipinski definition) is 6. The zero-order valence-corrected chi connectivity index (χ0v) is 18.4. The molecule has 6 nitrogen and oxygen atoms in total. The summed E-state index contributed by atoms with van der Waals surface area (Å²) in [5.74, 6) is 0.524. The number of nitrogens with two attached hydrogens (primary N) is 1. The summed E-state index contributed by atoms with van der Waals surface area (Å²) in [5, 5.41) is 7.61. The molecule has 0 bridgehead atoms. The molecule has 27 heavy (non-hydrogen) atoms. The Bertz CT molecular complexity index is 1160. The van der Waals surface area contributed by atoms with Gasteiger partial charge >= 0.3 is 0 Å². The quantitative estimate of drug-likeness (QED) is 0.311. The molecule has 1 aromatic carbocycles. The van der Waals surface area contributed by atoms with Gasteiger partial charge in [0.05, 0.1) is 30.7 Å². The Labute approximate surface area is 173 Å². The van der Waals surface area contributed by atoms with Crippen LogP contribution in [0.25, 0.3) is 11.0 Å². The van der Waals surface area contributed by atoms with E-state index in [1.165, 1.54) is 42.0 Å². The fourth-order valence-electron chi connectivity index (χ4n) is 2.92. The minimum absolute atomic E-state index is 0.129. The molecule has 4 rings (SSSR count). The van der Waals surface area contributed by atoms with Crippen LogP contribution in [0, 0.1) is 11.3 Å². The third-order valence-electron chi connectivity index (χ3n) is 4.52. The topological polar surface area (TPSA) is 102 Å². The van der Waals surface area contributed by atoms with Crippen molar-refractivity contribution in [1.82, 2.24) is 9.55 Å². The van der Waals surface area contributed by atoms with E-state index in [4.69, 9.17) is 11.1 Å². The van der Waals surface area contributed by atoms with Gasteiger partial charge in [0.2, 0.25) is 9.84 Å². The number of halogens is 1. The first-order valence-corrected chi connectivity index (χ1v) is 12.5. The lowest BCUT2D eigenvalue weighted by Gasteiger charge is -2.08. The number of imidazole rings is 1. The van der Waals surface area contributed by atoms with Crippen molar-refractivity contribution in [3.8, 4) is 0 Å². The number of nitrogens with one attached hydrogen (secondary N) is 1. The standard InChI is InChI=1S/C17H17BrN4O2S3/c1-25-17-14(6-13(26-17)16(19)20)27(23,24)10-4-11(18)15-12(5-10)22(8-21-15)7-9-2-3-9/h4-6,8-9H,2-3,7H2,1H3,(H3,19,20). The van der Waals surface area contributed by atoms with E-state index >= 15 is 0 Å². The first-order valence-electron chi connectivity index (χ1n) is 8.23. The molecule has 0 spiro atoms. The average Bonchev–Trinajstić information content (AvgIpc) is 3.17. The van der Waals surface area contributed by atoms with Gasteiger partial charge in [-0.2, -0.15) is 0 Å². The fourth-order valence-corrected chi connectivity index (χ4v) is 7.53. The van der Waals surface area contributed by atoms with Crippen molar-refractivity contribution in [2.24, 2.45) is 11.7 Å². The van der Waals surface area contributed by atoms with Crippen LogP contribution in [0.2, 0.25) is 0 Å². The van der Waals surface area contributed by atoms with Crippen LogP contribution in [-0.4, -0.2) is 30.1 Å². The molecule has 3 N–H and O–H groups in total. The van der Waals surface area contributed by atoms with Crippen LogP contribution < -0.4 is 5.73 Å². The van der Waals surface area contributed by atoms with E-state index in [2.05, 4.69) is 20.9 Å². The zero-order valence-electron chi connectivity index (χ0n) is 14.4. The van der Waals surface area contributed by atoms with E-state index in [1.807, 2.05) is 10.8 Å². The number of thioether (sulfide) groups is 1. The Morgan fingerprint density at radius 2 is 2.19 bits per heavy atom. The Kier molecular flexibility index (Phi) is 4.86. The molecular formula is C17H17BrN4O2S3. The Morgan fingerprint density at radius 1 is 1.44 bits per heavy atom. The summed E-state index contributed by atoms with van der Waals surface area (Å²) in [6, 6.07) is 4.79. The van der Waals surface area contributed by atoms with Crippen molar-refractivity contribution < 1.29 is 8.42 Å². The molecule has 1 aliphatic carbocycles. The van der Waals surface area contributed by atoms with Gasteiger partial charge in [-0.15, -0.1) is 23.1 Å². The molecule has 0 amide bonds. The van der Waals surface area contributed by atoms with Crippen LogP contribution in [0.4, 0.5) is 0 Å². The van der Waals surface area contributed by atoms with Crippen molar-refractivity contribution in [3.63, 3.8) is 0 Å². The molecule has 142 valence electrons. The van der Waals surface area contributed by atoms with Crippen molar-refractivity contribution in [2.75, 3.05) is 6.26 Å². The summed E-state index contributed by atoms with van der Waals surface area (Å²) in [7, 11) is -3.75. The third-order valence-corrected chi connectivity index (χ3v) is 9.44. The number of thiophene rings is 1. The predicted octanol–water partition coefficient (Wildman–Crippen LogP) is 4.11. The number of hydrogen-bond donors (Lipinski definition) is 2. The normalized spacial score (nSPS) is 14.7. The Hall–Kier alpha value is -1.36. The zero-order chi connectivity index (χ0) is 19.3. The number of aromatic nitrogens is 2. The van der Waals surface area contributed by atoms with Crippen LogP contribution in [0.15, 0.2) is 43.0 Å². The van der Waals surface area contributed by atoms with Crippen molar-refractivity contribution >= 4 is 65.7 Å². The van der Waals surface area contributed by atoms with Crippen LogP contribution in [0.5, 0.6) is 0 Å². The number of benzene rings is 1. The summed E-state index contributed by atoms with van der Waals surface area (Å²) >= 11 is 6.04. The first kappa shape index (κ1) is 19.0. The molecule has 3 aromatic rings. The summed E-state index contributed by atoms with van der Waals surface area (Å²) in [6.07, 6.45) is 6.01. The van der Waals surface area contributed by atoms with Crippen LogP contribution in [0.1, 0.15) is 17.7 Å². The lowest BCUT2D eigenvalue weighted by atomic mass is 10.3. The van der Waals surface area contributed by atoms with E-state index in [9.17, 15) is 8.42 Å². The SMILES string of the molecule is CSc1sc(C(=N)N)cc1S(=O)(=O)c1cc(Br)c2ncn(CC3CC3)c2c1. The molecule has 1 fully saturated rings. The number of nitrogen functional groups attached to an aromatic ring is 1. The Balaban J connectivity index is 1.86. The maximum Gasteiger partial charge on any atom is 0.208 e. The number of fused-ring (bicyclic) bond motifs is 1. The molecule has 0 saturated heterocycles. The van der Waals surface area contributed by atoms with Gasteiger partial charge in [0.25, 0.3) is 0 Å². The number of sulfone groups is 1. The van der Waals surface area contributed by atoms with Crippen LogP contribution in [0.3, 0.4) is 0 Å². The minimum atomic E-state index is -3.75.